The van der Waals surface area contributed by atoms with Crippen LogP contribution in [0.15, 0.2) is 0 Å². The summed E-state index contributed by atoms with van der Waals surface area (Å²) in [7, 11) is 1.39. The second-order valence-electron chi connectivity index (χ2n) is 3.58. The number of likely N-dealkylation sites (N-methyl/N-ethyl adjacent to an activating group) is 1. The van der Waals surface area contributed by atoms with Gasteiger partial charge in [-0.3, -0.25) is 9.59 Å². The van der Waals surface area contributed by atoms with Crippen molar-refractivity contribution < 1.29 is 19.8 Å². The van der Waals surface area contributed by atoms with Gasteiger partial charge in [0.05, 0.1) is 12.7 Å². The lowest BCUT2D eigenvalue weighted by Crippen LogP contribution is -2.54. The van der Waals surface area contributed by atoms with E-state index in [2.05, 4.69) is 10.6 Å². The maximum absolute atomic E-state index is 11.4. The molecule has 1 rings (SSSR count). The lowest BCUT2D eigenvalue weighted by molar-refractivity contribution is -0.131. The number of nitrogens with one attached hydrogen (secondary N) is 2. The van der Waals surface area contributed by atoms with Crippen molar-refractivity contribution in [1.82, 2.24) is 10.6 Å². The molecule has 1 unspecified atom stereocenters. The first-order valence-electron chi connectivity index (χ1n) is 4.56. The summed E-state index contributed by atoms with van der Waals surface area (Å²) in [5.41, 5.74) is 4.20. The summed E-state index contributed by atoms with van der Waals surface area (Å²) in [4.78, 5) is 22.6. The molecule has 3 atom stereocenters. The van der Waals surface area contributed by atoms with Crippen molar-refractivity contribution in [3.8, 4) is 0 Å². The van der Waals surface area contributed by atoms with E-state index < -0.39 is 36.1 Å². The molecule has 0 aliphatic heterocycles. The Bertz CT molecular complexity index is 283. The third-order valence-electron chi connectivity index (χ3n) is 2.44. The molecule has 0 spiro atoms. The van der Waals surface area contributed by atoms with Crippen LogP contribution in [0.4, 0.5) is 0 Å². The van der Waals surface area contributed by atoms with Gasteiger partial charge < -0.3 is 26.6 Å². The molecule has 86 valence electrons. The summed E-state index contributed by atoms with van der Waals surface area (Å²) >= 11 is 0. The number of nitrogens with two attached hydrogens (primary N) is 1. The molecular formula is C8H15N3O4. The van der Waals surface area contributed by atoms with Crippen molar-refractivity contribution >= 4 is 11.8 Å². The molecule has 7 nitrogen and oxygen atoms in total. The Hall–Kier alpha value is -1.18. The highest BCUT2D eigenvalue weighted by Crippen LogP contribution is 2.33. The van der Waals surface area contributed by atoms with Gasteiger partial charge in [0, 0.05) is 13.5 Å². The third kappa shape index (κ3) is 2.25. The van der Waals surface area contributed by atoms with E-state index in [0.29, 0.717) is 0 Å². The van der Waals surface area contributed by atoms with Crippen LogP contribution in [0.25, 0.3) is 0 Å². The second kappa shape index (κ2) is 4.13. The summed E-state index contributed by atoms with van der Waals surface area (Å²) in [6.45, 7) is -0.516. The number of aliphatic hydroxyl groups excluding tert-OH is 2. The number of carbonyl (C=O) groups is 2. The minimum Gasteiger partial charge on any atom is -0.394 e. The van der Waals surface area contributed by atoms with Crippen molar-refractivity contribution in [2.24, 2.45) is 5.73 Å². The number of carbonyl (C=O) groups excluding carboxylic acids is 2. The van der Waals surface area contributed by atoms with Crippen LogP contribution in [0.5, 0.6) is 0 Å². The van der Waals surface area contributed by atoms with Crippen LogP contribution in [-0.4, -0.2) is 53.4 Å². The lowest BCUT2D eigenvalue weighted by atomic mass is 10.2. The molecule has 1 aliphatic rings. The van der Waals surface area contributed by atoms with Crippen LogP contribution in [-0.2, 0) is 9.59 Å². The van der Waals surface area contributed by atoms with E-state index >= 15 is 0 Å². The Morgan fingerprint density at radius 1 is 1.67 bits per heavy atom. The van der Waals surface area contributed by atoms with Gasteiger partial charge in [0.15, 0.2) is 0 Å². The molecule has 0 aromatic heterocycles. The molecule has 0 saturated heterocycles. The number of amides is 2. The maximum atomic E-state index is 11.4. The first-order chi connectivity index (χ1) is 6.95. The van der Waals surface area contributed by atoms with Crippen LogP contribution in [0, 0.1) is 0 Å². The van der Waals surface area contributed by atoms with Crippen molar-refractivity contribution in [3.63, 3.8) is 0 Å². The average Bonchev–Trinajstić information content (AvgIpc) is 2.83. The van der Waals surface area contributed by atoms with Crippen molar-refractivity contribution in [1.29, 1.82) is 0 Å². The van der Waals surface area contributed by atoms with E-state index in [-0.39, 0.29) is 6.42 Å². The smallest absolute Gasteiger partial charge is 0.244 e. The van der Waals surface area contributed by atoms with Gasteiger partial charge in [0.2, 0.25) is 11.8 Å². The van der Waals surface area contributed by atoms with Gasteiger partial charge >= 0.3 is 0 Å². The van der Waals surface area contributed by atoms with Crippen molar-refractivity contribution in [2.75, 3.05) is 13.7 Å². The molecule has 2 amide bonds. The Labute approximate surface area is 86.6 Å². The highest BCUT2D eigenvalue weighted by Gasteiger charge is 2.57. The molecule has 6 N–H and O–H groups in total. The summed E-state index contributed by atoms with van der Waals surface area (Å²) in [6, 6.07) is -1.03. The normalized spacial score (nSPS) is 30.5. The Morgan fingerprint density at radius 3 is 2.53 bits per heavy atom. The zero-order valence-corrected chi connectivity index (χ0v) is 8.36. The number of rotatable bonds is 4. The topological polar surface area (TPSA) is 125 Å². The van der Waals surface area contributed by atoms with Crippen LogP contribution >= 0.6 is 0 Å². The predicted molar refractivity (Wildman–Crippen MR) is 50.6 cm³/mol. The minimum absolute atomic E-state index is 0.171. The highest BCUT2D eigenvalue weighted by atomic mass is 16.3. The largest absolute Gasteiger partial charge is 0.394 e. The van der Waals surface area contributed by atoms with E-state index in [1.165, 1.54) is 7.05 Å². The maximum Gasteiger partial charge on any atom is 0.244 e. The zero-order chi connectivity index (χ0) is 11.6. The standard InChI is InChI=1S/C8H15N3O4/c1-10-6(14)4(3-12)11-7(15)8(9)2-5(8)13/h4-5,12-13H,2-3,9H2,1H3,(H,10,14)(H,11,15)/t4-,5+,8?/m0/s1. The van der Waals surface area contributed by atoms with E-state index in [1.54, 1.807) is 0 Å². The fourth-order valence-electron chi connectivity index (χ4n) is 1.17. The van der Waals surface area contributed by atoms with Gasteiger partial charge in [-0.15, -0.1) is 0 Å². The quantitative estimate of drug-likeness (QED) is 0.337. The Kier molecular flexibility index (Phi) is 3.28. The number of aliphatic hydroxyl groups is 2. The van der Waals surface area contributed by atoms with Crippen LogP contribution in [0.3, 0.4) is 0 Å². The van der Waals surface area contributed by atoms with Crippen molar-refractivity contribution in [3.05, 3.63) is 0 Å². The van der Waals surface area contributed by atoms with Crippen LogP contribution in [0.1, 0.15) is 6.42 Å². The summed E-state index contributed by atoms with van der Waals surface area (Å²) < 4.78 is 0. The zero-order valence-electron chi connectivity index (χ0n) is 8.36. The molecule has 0 radical (unpaired) electrons. The molecule has 1 aliphatic carbocycles. The summed E-state index contributed by atoms with van der Waals surface area (Å²) in [5, 5.41) is 22.5. The molecule has 0 bridgehead atoms. The molecular weight excluding hydrogens is 202 g/mol. The summed E-state index contributed by atoms with van der Waals surface area (Å²) in [6.07, 6.45) is -0.702. The van der Waals surface area contributed by atoms with Gasteiger partial charge in [0.1, 0.15) is 11.6 Å². The van der Waals surface area contributed by atoms with Crippen LogP contribution < -0.4 is 16.4 Å². The fourth-order valence-corrected chi connectivity index (χ4v) is 1.17. The molecule has 15 heavy (non-hydrogen) atoms. The minimum atomic E-state index is -1.30. The molecule has 7 heteroatoms. The first-order valence-corrected chi connectivity index (χ1v) is 4.56. The van der Waals surface area contributed by atoms with Gasteiger partial charge in [-0.1, -0.05) is 0 Å². The average molecular weight is 217 g/mol. The molecule has 1 fully saturated rings. The van der Waals surface area contributed by atoms with Gasteiger partial charge in [-0.25, -0.2) is 0 Å². The second-order valence-corrected chi connectivity index (χ2v) is 3.58. The van der Waals surface area contributed by atoms with E-state index in [4.69, 9.17) is 15.9 Å². The first kappa shape index (κ1) is 11.9. The lowest BCUT2D eigenvalue weighted by Gasteiger charge is -2.17. The van der Waals surface area contributed by atoms with Gasteiger partial charge in [-0.05, 0) is 0 Å². The third-order valence-corrected chi connectivity index (χ3v) is 2.44. The predicted octanol–water partition coefficient (Wildman–Crippen LogP) is -3.33. The Morgan fingerprint density at radius 2 is 2.20 bits per heavy atom. The monoisotopic (exact) mass is 217 g/mol. The van der Waals surface area contributed by atoms with Crippen molar-refractivity contribution in [2.45, 2.75) is 24.1 Å². The molecule has 0 aromatic carbocycles. The van der Waals surface area contributed by atoms with E-state index in [1.807, 2.05) is 0 Å². The molecule has 1 saturated carbocycles. The van der Waals surface area contributed by atoms with E-state index in [9.17, 15) is 9.59 Å². The van der Waals surface area contributed by atoms with Gasteiger partial charge in [0.25, 0.3) is 0 Å². The van der Waals surface area contributed by atoms with E-state index in [0.717, 1.165) is 0 Å². The van der Waals surface area contributed by atoms with Gasteiger partial charge in [-0.2, -0.15) is 0 Å². The Balaban J connectivity index is 2.53. The summed E-state index contributed by atoms with van der Waals surface area (Å²) in [5.74, 6) is -1.14. The fraction of sp³-hybridized carbons (Fsp3) is 0.750. The SMILES string of the molecule is CNC(=O)[C@H](CO)NC(=O)C1(N)C[C@H]1O. The number of hydrogen-bond donors (Lipinski definition) is 5. The molecule has 0 aromatic rings. The molecule has 0 heterocycles. The highest BCUT2D eigenvalue weighted by molar-refractivity contribution is 5.94. The number of hydrogen-bond acceptors (Lipinski definition) is 5. The van der Waals surface area contributed by atoms with Crippen LogP contribution in [0.2, 0.25) is 0 Å².